The molecule has 8 nitrogen and oxygen atoms in total. The highest BCUT2D eigenvalue weighted by molar-refractivity contribution is 5.90. The molecule has 1 amide bonds. The van der Waals surface area contributed by atoms with E-state index in [-0.39, 0.29) is 17.8 Å². The van der Waals surface area contributed by atoms with Gasteiger partial charge in [-0.3, -0.25) is 14.8 Å². The normalized spacial score (nSPS) is 19.1. The zero-order valence-corrected chi connectivity index (χ0v) is 20.0. The van der Waals surface area contributed by atoms with Crippen molar-refractivity contribution in [2.24, 2.45) is 0 Å². The standard InChI is InChI=1S/C25H26F3N5O3/c1-16-3-4-17(13-19(16)25(26,27)28)33-15-18(36-24(33)34)14-31-9-11-32(12-10-31)21-7-8-29-20-5-6-22(35-2)30-23(20)21/h3-8,13,18H,9-12,14-15H2,1-2H3/t18-/m1/s1. The van der Waals surface area contributed by atoms with Gasteiger partial charge in [0.25, 0.3) is 0 Å². The molecule has 36 heavy (non-hydrogen) atoms. The van der Waals surface area contributed by atoms with Crippen LogP contribution in [0.25, 0.3) is 11.0 Å². The van der Waals surface area contributed by atoms with E-state index in [0.29, 0.717) is 12.4 Å². The van der Waals surface area contributed by atoms with E-state index in [1.54, 1.807) is 19.4 Å². The number of halogens is 3. The Balaban J connectivity index is 1.22. The zero-order chi connectivity index (χ0) is 25.4. The van der Waals surface area contributed by atoms with Crippen LogP contribution in [0.4, 0.5) is 29.3 Å². The number of carbonyl (C=O) groups is 1. The van der Waals surface area contributed by atoms with Crippen LogP contribution in [-0.2, 0) is 10.9 Å². The number of ether oxygens (including phenoxy) is 2. The Morgan fingerprint density at radius 2 is 1.89 bits per heavy atom. The van der Waals surface area contributed by atoms with Crippen molar-refractivity contribution >= 4 is 28.5 Å². The van der Waals surface area contributed by atoms with Crippen molar-refractivity contribution in [3.8, 4) is 5.88 Å². The summed E-state index contributed by atoms with van der Waals surface area (Å²) in [5, 5.41) is 0. The van der Waals surface area contributed by atoms with E-state index < -0.39 is 23.9 Å². The Bertz CT molecular complexity index is 1280. The Morgan fingerprint density at radius 1 is 1.11 bits per heavy atom. The largest absolute Gasteiger partial charge is 0.481 e. The van der Waals surface area contributed by atoms with Crippen molar-refractivity contribution in [2.75, 3.05) is 56.2 Å². The molecule has 0 radical (unpaired) electrons. The maximum absolute atomic E-state index is 13.3. The monoisotopic (exact) mass is 501 g/mol. The van der Waals surface area contributed by atoms with Crippen LogP contribution in [0.5, 0.6) is 5.88 Å². The van der Waals surface area contributed by atoms with E-state index in [1.165, 1.54) is 24.0 Å². The number of hydrogen-bond donors (Lipinski definition) is 0. The van der Waals surface area contributed by atoms with Crippen LogP contribution < -0.4 is 14.5 Å². The summed E-state index contributed by atoms with van der Waals surface area (Å²) < 4.78 is 50.7. The van der Waals surface area contributed by atoms with Gasteiger partial charge in [-0.15, -0.1) is 0 Å². The van der Waals surface area contributed by atoms with Crippen molar-refractivity contribution in [3.05, 3.63) is 53.7 Å². The lowest BCUT2D eigenvalue weighted by atomic mass is 10.1. The predicted molar refractivity (Wildman–Crippen MR) is 129 cm³/mol. The number of benzene rings is 1. The molecule has 2 aromatic heterocycles. The molecule has 4 heterocycles. The molecule has 0 unspecified atom stereocenters. The molecule has 2 aliphatic rings. The molecular weight excluding hydrogens is 475 g/mol. The number of hydrogen-bond acceptors (Lipinski definition) is 7. The fourth-order valence-corrected chi connectivity index (χ4v) is 4.73. The fourth-order valence-electron chi connectivity index (χ4n) is 4.73. The quantitative estimate of drug-likeness (QED) is 0.521. The average molecular weight is 502 g/mol. The number of piperazine rings is 1. The topological polar surface area (TPSA) is 71.0 Å². The second-order valence-corrected chi connectivity index (χ2v) is 8.95. The summed E-state index contributed by atoms with van der Waals surface area (Å²) in [5.74, 6) is 0.527. The van der Waals surface area contributed by atoms with Gasteiger partial charge in [0.2, 0.25) is 5.88 Å². The highest BCUT2D eigenvalue weighted by Crippen LogP contribution is 2.35. The molecule has 0 N–H and O–H groups in total. The van der Waals surface area contributed by atoms with E-state index >= 15 is 0 Å². The number of anilines is 2. The molecular formula is C25H26F3N5O3. The molecule has 2 aliphatic heterocycles. The van der Waals surface area contributed by atoms with Crippen LogP contribution in [0, 0.1) is 6.92 Å². The number of fused-ring (bicyclic) bond motifs is 1. The van der Waals surface area contributed by atoms with E-state index in [9.17, 15) is 18.0 Å². The number of methoxy groups -OCH3 is 1. The van der Waals surface area contributed by atoms with Gasteiger partial charge in [-0.1, -0.05) is 6.07 Å². The first-order valence-corrected chi connectivity index (χ1v) is 11.7. The van der Waals surface area contributed by atoms with E-state index in [4.69, 9.17) is 9.47 Å². The van der Waals surface area contributed by atoms with E-state index in [2.05, 4.69) is 19.8 Å². The van der Waals surface area contributed by atoms with Gasteiger partial charge in [0.1, 0.15) is 11.6 Å². The van der Waals surface area contributed by atoms with E-state index in [1.807, 2.05) is 12.1 Å². The molecule has 11 heteroatoms. The lowest BCUT2D eigenvalue weighted by Gasteiger charge is -2.36. The summed E-state index contributed by atoms with van der Waals surface area (Å²) in [6.45, 7) is 5.09. The minimum absolute atomic E-state index is 0.115. The third-order valence-corrected chi connectivity index (χ3v) is 6.63. The number of aryl methyl sites for hydroxylation is 1. The second-order valence-electron chi connectivity index (χ2n) is 8.95. The Labute approximate surface area is 206 Å². The minimum atomic E-state index is -4.48. The van der Waals surface area contributed by atoms with Gasteiger partial charge < -0.3 is 14.4 Å². The van der Waals surface area contributed by atoms with Gasteiger partial charge in [0, 0.05) is 50.7 Å². The van der Waals surface area contributed by atoms with Gasteiger partial charge in [0.05, 0.1) is 30.4 Å². The number of pyridine rings is 2. The lowest BCUT2D eigenvalue weighted by molar-refractivity contribution is -0.138. The Morgan fingerprint density at radius 3 is 2.61 bits per heavy atom. The summed E-state index contributed by atoms with van der Waals surface area (Å²) in [6, 6.07) is 9.52. The molecule has 1 atom stereocenters. The predicted octanol–water partition coefficient (Wildman–Crippen LogP) is 4.11. The van der Waals surface area contributed by atoms with Crippen LogP contribution >= 0.6 is 0 Å². The maximum atomic E-state index is 13.3. The third-order valence-electron chi connectivity index (χ3n) is 6.63. The maximum Gasteiger partial charge on any atom is 0.416 e. The second kappa shape index (κ2) is 9.45. The van der Waals surface area contributed by atoms with Gasteiger partial charge in [0.15, 0.2) is 0 Å². The molecule has 5 rings (SSSR count). The van der Waals surface area contributed by atoms with Gasteiger partial charge >= 0.3 is 12.3 Å². The first-order chi connectivity index (χ1) is 17.2. The summed E-state index contributed by atoms with van der Waals surface area (Å²) in [4.78, 5) is 27.1. The smallest absolute Gasteiger partial charge is 0.416 e. The molecule has 0 aliphatic carbocycles. The van der Waals surface area contributed by atoms with Crippen molar-refractivity contribution in [2.45, 2.75) is 19.2 Å². The molecule has 0 saturated carbocycles. The molecule has 0 spiro atoms. The SMILES string of the molecule is COc1ccc2nccc(N3CCN(C[C@@H]4CN(c5ccc(C)c(C(F)(F)F)c5)C(=O)O4)CC3)c2n1. The first kappa shape index (κ1) is 24.1. The highest BCUT2D eigenvalue weighted by atomic mass is 19.4. The summed E-state index contributed by atoms with van der Waals surface area (Å²) in [6.07, 6.45) is -3.77. The highest BCUT2D eigenvalue weighted by Gasteiger charge is 2.37. The lowest BCUT2D eigenvalue weighted by Crippen LogP contribution is -2.49. The number of carbonyl (C=O) groups excluding carboxylic acids is 1. The van der Waals surface area contributed by atoms with Crippen molar-refractivity contribution < 1.29 is 27.4 Å². The number of alkyl halides is 3. The van der Waals surface area contributed by atoms with E-state index in [0.717, 1.165) is 49.0 Å². The Hall–Kier alpha value is -3.60. The molecule has 2 fully saturated rings. The van der Waals surface area contributed by atoms with Crippen molar-refractivity contribution in [1.29, 1.82) is 0 Å². The van der Waals surface area contributed by atoms with Crippen molar-refractivity contribution in [1.82, 2.24) is 14.9 Å². The van der Waals surface area contributed by atoms with Crippen LogP contribution in [0.1, 0.15) is 11.1 Å². The van der Waals surface area contributed by atoms with Crippen LogP contribution in [0.15, 0.2) is 42.6 Å². The number of aromatic nitrogens is 2. The van der Waals surface area contributed by atoms with Crippen LogP contribution in [0.3, 0.4) is 0 Å². The van der Waals surface area contributed by atoms with Crippen LogP contribution in [0.2, 0.25) is 0 Å². The number of nitrogens with zero attached hydrogens (tertiary/aromatic N) is 5. The van der Waals surface area contributed by atoms with Gasteiger partial charge in [-0.2, -0.15) is 13.2 Å². The number of cyclic esters (lactones) is 1. The van der Waals surface area contributed by atoms with Gasteiger partial charge in [-0.25, -0.2) is 9.78 Å². The molecule has 2 saturated heterocycles. The number of amides is 1. The minimum Gasteiger partial charge on any atom is -0.481 e. The molecule has 0 bridgehead atoms. The van der Waals surface area contributed by atoms with Crippen LogP contribution in [-0.4, -0.2) is 73.4 Å². The number of rotatable bonds is 5. The molecule has 190 valence electrons. The first-order valence-electron chi connectivity index (χ1n) is 11.7. The van der Waals surface area contributed by atoms with Gasteiger partial charge in [-0.05, 0) is 36.8 Å². The van der Waals surface area contributed by atoms with Crippen molar-refractivity contribution in [3.63, 3.8) is 0 Å². The molecule has 3 aromatic rings. The average Bonchev–Trinajstić information content (AvgIpc) is 3.23. The molecule has 1 aromatic carbocycles. The summed E-state index contributed by atoms with van der Waals surface area (Å²) in [5.41, 5.74) is 2.11. The summed E-state index contributed by atoms with van der Waals surface area (Å²) in [7, 11) is 1.58. The fraction of sp³-hybridized carbons (Fsp3) is 0.400. The third kappa shape index (κ3) is 4.75. The Kier molecular flexibility index (Phi) is 6.33. The zero-order valence-electron chi connectivity index (χ0n) is 20.0. The summed E-state index contributed by atoms with van der Waals surface area (Å²) >= 11 is 0.